The van der Waals surface area contributed by atoms with E-state index >= 15 is 0 Å². The lowest BCUT2D eigenvalue weighted by atomic mass is 10.1. The Hall–Kier alpha value is -3.18. The first-order valence-corrected chi connectivity index (χ1v) is 10.2. The molecular weight excluding hydrogens is 376 g/mol. The number of rotatable bonds is 6. The van der Waals surface area contributed by atoms with E-state index in [1.165, 1.54) is 27.7 Å². The van der Waals surface area contributed by atoms with Crippen molar-refractivity contribution in [2.75, 3.05) is 11.9 Å². The minimum absolute atomic E-state index is 0.727. The first kappa shape index (κ1) is 19.2. The SMILES string of the molecule is Cc1[nH]c2ccccc2c1CCN(Cc1ccncc1)C(=S)Nc1ccccc1. The van der Waals surface area contributed by atoms with E-state index in [4.69, 9.17) is 12.2 Å². The van der Waals surface area contributed by atoms with Crippen LogP contribution in [-0.2, 0) is 13.0 Å². The topological polar surface area (TPSA) is 44.0 Å². The molecule has 4 aromatic rings. The van der Waals surface area contributed by atoms with Gasteiger partial charge in [0.2, 0.25) is 0 Å². The maximum Gasteiger partial charge on any atom is 0.173 e. The molecule has 2 aromatic carbocycles. The number of aromatic amines is 1. The summed E-state index contributed by atoms with van der Waals surface area (Å²) in [6, 6.07) is 22.6. The number of aromatic nitrogens is 2. The molecule has 0 saturated heterocycles. The second-order valence-corrected chi connectivity index (χ2v) is 7.48. The highest BCUT2D eigenvalue weighted by Gasteiger charge is 2.14. The molecule has 2 aromatic heterocycles. The lowest BCUT2D eigenvalue weighted by molar-refractivity contribution is 0.423. The Bertz CT molecular complexity index is 1090. The molecule has 2 heterocycles. The molecule has 0 saturated carbocycles. The number of benzene rings is 2. The zero-order valence-corrected chi connectivity index (χ0v) is 17.2. The van der Waals surface area contributed by atoms with Crippen LogP contribution in [0.15, 0.2) is 79.1 Å². The van der Waals surface area contributed by atoms with Crippen molar-refractivity contribution < 1.29 is 0 Å². The number of aryl methyl sites for hydroxylation is 1. The smallest absolute Gasteiger partial charge is 0.173 e. The highest BCUT2D eigenvalue weighted by atomic mass is 32.1. The highest BCUT2D eigenvalue weighted by molar-refractivity contribution is 7.80. The van der Waals surface area contributed by atoms with Crippen molar-refractivity contribution in [2.24, 2.45) is 0 Å². The number of fused-ring (bicyclic) bond motifs is 1. The number of nitrogens with one attached hydrogen (secondary N) is 2. The molecule has 0 spiro atoms. The number of H-pyrrole nitrogens is 1. The van der Waals surface area contributed by atoms with Gasteiger partial charge in [-0.25, -0.2) is 0 Å². The average molecular weight is 401 g/mol. The number of pyridine rings is 1. The van der Waals surface area contributed by atoms with Crippen LogP contribution in [0, 0.1) is 6.92 Å². The van der Waals surface area contributed by atoms with Gasteiger partial charge in [0.1, 0.15) is 0 Å². The predicted octanol–water partition coefficient (Wildman–Crippen LogP) is 5.31. The van der Waals surface area contributed by atoms with Crippen LogP contribution in [0.1, 0.15) is 16.8 Å². The molecule has 29 heavy (non-hydrogen) atoms. The zero-order chi connectivity index (χ0) is 20.1. The van der Waals surface area contributed by atoms with Gasteiger partial charge in [-0.3, -0.25) is 4.98 Å². The number of nitrogens with zero attached hydrogens (tertiary/aromatic N) is 2. The summed E-state index contributed by atoms with van der Waals surface area (Å²) in [5.41, 5.74) is 5.94. The molecule has 0 unspecified atom stereocenters. The van der Waals surface area contributed by atoms with Crippen LogP contribution >= 0.6 is 12.2 Å². The Morgan fingerprint density at radius 3 is 2.52 bits per heavy atom. The number of para-hydroxylation sites is 2. The Morgan fingerprint density at radius 2 is 1.72 bits per heavy atom. The number of hydrogen-bond donors (Lipinski definition) is 2. The zero-order valence-electron chi connectivity index (χ0n) is 16.4. The van der Waals surface area contributed by atoms with Gasteiger partial charge >= 0.3 is 0 Å². The highest BCUT2D eigenvalue weighted by Crippen LogP contribution is 2.23. The van der Waals surface area contributed by atoms with Gasteiger partial charge in [0.15, 0.2) is 5.11 Å². The summed E-state index contributed by atoms with van der Waals surface area (Å²) in [5, 5.41) is 5.39. The molecule has 0 amide bonds. The predicted molar refractivity (Wildman–Crippen MR) is 124 cm³/mol. The van der Waals surface area contributed by atoms with E-state index in [1.54, 1.807) is 0 Å². The standard InChI is InChI=1S/C24H24N4S/c1-18-21(22-9-5-6-10-23(22)26-18)13-16-28(17-19-11-14-25-15-12-19)24(29)27-20-7-3-2-4-8-20/h2-12,14-15,26H,13,16-17H2,1H3,(H,27,29). The summed E-state index contributed by atoms with van der Waals surface area (Å²) >= 11 is 5.77. The third kappa shape index (κ3) is 4.63. The molecule has 0 fully saturated rings. The van der Waals surface area contributed by atoms with Crippen LogP contribution in [0.25, 0.3) is 10.9 Å². The van der Waals surface area contributed by atoms with Crippen molar-refractivity contribution in [2.45, 2.75) is 19.9 Å². The van der Waals surface area contributed by atoms with E-state index in [-0.39, 0.29) is 0 Å². The molecule has 4 nitrogen and oxygen atoms in total. The average Bonchev–Trinajstić information content (AvgIpc) is 3.07. The lowest BCUT2D eigenvalue weighted by Gasteiger charge is -2.26. The Morgan fingerprint density at radius 1 is 1.00 bits per heavy atom. The van der Waals surface area contributed by atoms with Gasteiger partial charge in [0.25, 0.3) is 0 Å². The second kappa shape index (κ2) is 8.88. The minimum Gasteiger partial charge on any atom is -0.358 e. The Kier molecular flexibility index (Phi) is 5.86. The van der Waals surface area contributed by atoms with Crippen molar-refractivity contribution in [3.8, 4) is 0 Å². The van der Waals surface area contributed by atoms with E-state index in [1.807, 2.05) is 54.9 Å². The van der Waals surface area contributed by atoms with Crippen molar-refractivity contribution in [1.29, 1.82) is 0 Å². The van der Waals surface area contributed by atoms with Gasteiger partial charge in [-0.15, -0.1) is 0 Å². The molecule has 2 N–H and O–H groups in total. The molecule has 0 aliphatic carbocycles. The molecule has 146 valence electrons. The molecular formula is C24H24N4S. The fourth-order valence-electron chi connectivity index (χ4n) is 3.59. The van der Waals surface area contributed by atoms with E-state index in [2.05, 4.69) is 51.4 Å². The van der Waals surface area contributed by atoms with Gasteiger partial charge in [0, 0.05) is 47.8 Å². The molecule has 0 bridgehead atoms. The second-order valence-electron chi connectivity index (χ2n) is 7.10. The van der Waals surface area contributed by atoms with Crippen LogP contribution in [0.5, 0.6) is 0 Å². The van der Waals surface area contributed by atoms with Crippen LogP contribution in [-0.4, -0.2) is 26.5 Å². The van der Waals surface area contributed by atoms with Crippen molar-refractivity contribution in [3.63, 3.8) is 0 Å². The summed E-state index contributed by atoms with van der Waals surface area (Å²) in [5.74, 6) is 0. The van der Waals surface area contributed by atoms with E-state index in [0.29, 0.717) is 0 Å². The maximum absolute atomic E-state index is 5.77. The third-order valence-electron chi connectivity index (χ3n) is 5.09. The van der Waals surface area contributed by atoms with Crippen molar-refractivity contribution in [1.82, 2.24) is 14.9 Å². The van der Waals surface area contributed by atoms with Crippen molar-refractivity contribution in [3.05, 3.63) is 95.9 Å². The van der Waals surface area contributed by atoms with Crippen LogP contribution < -0.4 is 5.32 Å². The Labute approximate surface area is 176 Å². The third-order valence-corrected chi connectivity index (χ3v) is 5.45. The molecule has 0 atom stereocenters. The number of thiocarbonyl (C=S) groups is 1. The molecule has 4 rings (SSSR count). The molecule has 0 radical (unpaired) electrons. The van der Waals surface area contributed by atoms with E-state index in [9.17, 15) is 0 Å². The fourth-order valence-corrected chi connectivity index (χ4v) is 3.86. The van der Waals surface area contributed by atoms with E-state index < -0.39 is 0 Å². The fraction of sp³-hybridized carbons (Fsp3) is 0.167. The number of hydrogen-bond acceptors (Lipinski definition) is 2. The normalized spacial score (nSPS) is 10.8. The molecule has 0 aliphatic heterocycles. The summed E-state index contributed by atoms with van der Waals surface area (Å²) in [6.07, 6.45) is 4.56. The van der Waals surface area contributed by atoms with Gasteiger partial charge in [0.05, 0.1) is 0 Å². The molecule has 5 heteroatoms. The monoisotopic (exact) mass is 400 g/mol. The maximum atomic E-state index is 5.77. The van der Waals surface area contributed by atoms with Crippen molar-refractivity contribution >= 4 is 33.9 Å². The summed E-state index contributed by atoms with van der Waals surface area (Å²) in [7, 11) is 0. The summed E-state index contributed by atoms with van der Waals surface area (Å²) < 4.78 is 0. The van der Waals surface area contributed by atoms with Crippen LogP contribution in [0.2, 0.25) is 0 Å². The van der Waals surface area contributed by atoms with Crippen LogP contribution in [0.3, 0.4) is 0 Å². The largest absolute Gasteiger partial charge is 0.358 e. The number of anilines is 1. The van der Waals surface area contributed by atoms with Crippen LogP contribution in [0.4, 0.5) is 5.69 Å². The van der Waals surface area contributed by atoms with Gasteiger partial charge < -0.3 is 15.2 Å². The van der Waals surface area contributed by atoms with Gasteiger partial charge in [-0.2, -0.15) is 0 Å². The first-order chi connectivity index (χ1) is 14.2. The lowest BCUT2D eigenvalue weighted by Crippen LogP contribution is -2.36. The summed E-state index contributed by atoms with van der Waals surface area (Å²) in [6.45, 7) is 3.70. The van der Waals surface area contributed by atoms with E-state index in [0.717, 1.165) is 30.3 Å². The van der Waals surface area contributed by atoms with Gasteiger partial charge in [-0.05, 0) is 67.0 Å². The molecule has 0 aliphatic rings. The minimum atomic E-state index is 0.727. The van der Waals surface area contributed by atoms with Gasteiger partial charge in [-0.1, -0.05) is 36.4 Å². The first-order valence-electron chi connectivity index (χ1n) is 9.77. The summed E-state index contributed by atoms with van der Waals surface area (Å²) in [4.78, 5) is 9.84. The Balaban J connectivity index is 1.54. The quantitative estimate of drug-likeness (QED) is 0.430.